The fourth-order valence-electron chi connectivity index (χ4n) is 3.69. The molecule has 166 valence electrons. The molecule has 9 nitrogen and oxygen atoms in total. The minimum Gasteiger partial charge on any atom is -0.494 e. The molecule has 2 heterocycles. The number of hydrogen-bond acceptors (Lipinski definition) is 7. The van der Waals surface area contributed by atoms with Crippen molar-refractivity contribution in [2.75, 3.05) is 26.9 Å². The van der Waals surface area contributed by atoms with Crippen molar-refractivity contribution in [3.8, 4) is 17.1 Å². The highest BCUT2D eigenvalue weighted by atomic mass is 16.5. The molecular formula is C23H25N4O5+. The van der Waals surface area contributed by atoms with Crippen LogP contribution < -0.4 is 4.74 Å². The first kappa shape index (κ1) is 21.6. The van der Waals surface area contributed by atoms with Gasteiger partial charge in [0, 0.05) is 25.7 Å². The predicted octanol–water partition coefficient (Wildman–Crippen LogP) is 2.83. The Morgan fingerprint density at radius 3 is 2.75 bits per heavy atom. The van der Waals surface area contributed by atoms with Crippen LogP contribution in [-0.2, 0) is 16.1 Å². The van der Waals surface area contributed by atoms with Crippen molar-refractivity contribution in [2.24, 2.45) is 5.92 Å². The average molecular weight is 437 g/mol. The van der Waals surface area contributed by atoms with Gasteiger partial charge in [0.1, 0.15) is 17.4 Å². The van der Waals surface area contributed by atoms with E-state index >= 15 is 0 Å². The fraction of sp³-hybridized carbons (Fsp3) is 0.348. The highest BCUT2D eigenvalue weighted by Crippen LogP contribution is 2.23. The second kappa shape index (κ2) is 9.69. The highest BCUT2D eigenvalue weighted by Gasteiger charge is 2.46. The first-order valence-electron chi connectivity index (χ1n) is 10.5. The summed E-state index contributed by atoms with van der Waals surface area (Å²) >= 11 is 0. The van der Waals surface area contributed by atoms with Crippen molar-refractivity contribution in [1.82, 2.24) is 15.0 Å². The molecule has 0 fully saturated rings. The van der Waals surface area contributed by atoms with Crippen molar-refractivity contribution < 1.29 is 28.2 Å². The van der Waals surface area contributed by atoms with Crippen LogP contribution in [0.4, 0.5) is 4.79 Å². The number of imide groups is 1. The van der Waals surface area contributed by atoms with Gasteiger partial charge < -0.3 is 14.0 Å². The van der Waals surface area contributed by atoms with Gasteiger partial charge in [-0.15, -0.1) is 0 Å². The molecule has 9 heteroatoms. The van der Waals surface area contributed by atoms with Crippen molar-refractivity contribution >= 4 is 17.6 Å². The summed E-state index contributed by atoms with van der Waals surface area (Å²) in [5, 5.41) is 4.05. The highest BCUT2D eigenvalue weighted by molar-refractivity contribution is 6.16. The average Bonchev–Trinajstić information content (AvgIpc) is 3.28. The van der Waals surface area contributed by atoms with Crippen LogP contribution in [0, 0.1) is 5.92 Å². The molecule has 2 aliphatic rings. The minimum absolute atomic E-state index is 0.0704. The number of fused-ring (bicyclic) bond motifs is 1. The molecule has 0 radical (unpaired) electrons. The zero-order valence-corrected chi connectivity index (χ0v) is 18.1. The molecule has 1 aliphatic heterocycles. The minimum atomic E-state index is -0.520. The van der Waals surface area contributed by atoms with Crippen LogP contribution in [0.2, 0.25) is 0 Å². The quantitative estimate of drug-likeness (QED) is 0.439. The summed E-state index contributed by atoms with van der Waals surface area (Å²) in [5.74, 6) is 0.702. The maximum absolute atomic E-state index is 13.2. The Labute approximate surface area is 185 Å². The van der Waals surface area contributed by atoms with Gasteiger partial charge in [0.25, 0.3) is 5.89 Å². The third-order valence-corrected chi connectivity index (χ3v) is 5.22. The van der Waals surface area contributed by atoms with E-state index in [1.165, 1.54) is 9.48 Å². The van der Waals surface area contributed by atoms with Gasteiger partial charge in [-0.05, 0) is 37.3 Å². The van der Waals surface area contributed by atoms with Crippen LogP contribution in [0.3, 0.4) is 0 Å². The number of carbonyl (C=O) groups is 2. The largest absolute Gasteiger partial charge is 0.501 e. The Balaban J connectivity index is 1.58. The van der Waals surface area contributed by atoms with Gasteiger partial charge in [0.2, 0.25) is 5.82 Å². The van der Waals surface area contributed by atoms with E-state index in [9.17, 15) is 9.59 Å². The van der Waals surface area contributed by atoms with Gasteiger partial charge in [-0.1, -0.05) is 23.4 Å². The summed E-state index contributed by atoms with van der Waals surface area (Å²) in [6.07, 6.45) is 7.74. The molecule has 2 aromatic rings. The molecule has 1 aromatic heterocycles. The molecule has 32 heavy (non-hydrogen) atoms. The van der Waals surface area contributed by atoms with Gasteiger partial charge >= 0.3 is 11.9 Å². The number of urea groups is 1. The number of benzene rings is 1. The van der Waals surface area contributed by atoms with E-state index in [4.69, 9.17) is 14.0 Å². The summed E-state index contributed by atoms with van der Waals surface area (Å²) < 4.78 is 17.5. The van der Waals surface area contributed by atoms with E-state index in [2.05, 4.69) is 10.1 Å². The Morgan fingerprint density at radius 1 is 1.19 bits per heavy atom. The third-order valence-electron chi connectivity index (χ3n) is 5.22. The number of ether oxygens (including phenoxy) is 2. The van der Waals surface area contributed by atoms with Gasteiger partial charge in [-0.25, -0.2) is 4.79 Å². The van der Waals surface area contributed by atoms with Crippen LogP contribution in [-0.4, -0.2) is 64.1 Å². The number of methoxy groups -OCH3 is 1. The summed E-state index contributed by atoms with van der Waals surface area (Å²) in [7, 11) is 1.59. The Morgan fingerprint density at radius 2 is 2.00 bits per heavy atom. The number of allylic oxidation sites excluding steroid dienone is 3. The van der Waals surface area contributed by atoms with Crippen molar-refractivity contribution in [3.05, 3.63) is 54.5 Å². The Bertz CT molecular complexity index is 1080. The van der Waals surface area contributed by atoms with E-state index in [1.54, 1.807) is 25.3 Å². The van der Waals surface area contributed by atoms with Crippen molar-refractivity contribution in [1.29, 1.82) is 0 Å². The third kappa shape index (κ3) is 4.38. The standard InChI is InChI=1S/C23H25N4O5/c1-3-31-17-11-9-16(10-12-17)21-24-20(32-25-21)15-27-19-8-5-4-7-18(19)22(28)26(23(27)29)13-6-14-30-2/h4-5,7-12,18H,3,6,13-15H2,1-2H3/q+1. The lowest BCUT2D eigenvalue weighted by molar-refractivity contribution is -0.460. The molecule has 0 N–H and O–H groups in total. The molecule has 1 unspecified atom stereocenters. The lowest BCUT2D eigenvalue weighted by Crippen LogP contribution is -2.54. The van der Waals surface area contributed by atoms with Crippen molar-refractivity contribution in [2.45, 2.75) is 19.9 Å². The molecule has 0 bridgehead atoms. The number of nitrogens with zero attached hydrogens (tertiary/aromatic N) is 4. The number of rotatable bonds is 9. The monoisotopic (exact) mass is 437 g/mol. The fourth-order valence-corrected chi connectivity index (χ4v) is 3.69. The second-order valence-electron chi connectivity index (χ2n) is 7.32. The maximum Gasteiger partial charge on any atom is 0.501 e. The summed E-state index contributed by atoms with van der Waals surface area (Å²) in [5.41, 5.74) is 1.38. The molecule has 4 rings (SSSR count). The van der Waals surface area contributed by atoms with Crippen molar-refractivity contribution in [3.63, 3.8) is 0 Å². The van der Waals surface area contributed by atoms with Crippen LogP contribution in [0.5, 0.6) is 5.75 Å². The zero-order chi connectivity index (χ0) is 22.5. The normalized spacial score (nSPS) is 17.8. The molecule has 3 amide bonds. The number of hydrogen-bond donors (Lipinski definition) is 0. The van der Waals surface area contributed by atoms with Crippen LogP contribution in [0.25, 0.3) is 11.4 Å². The molecule has 1 atom stereocenters. The SMILES string of the molecule is CCOc1ccc(-c2noc(C[N+]3=C4C=CC=CC4C(=O)N(CCCOC)C3=O)n2)cc1. The first-order chi connectivity index (χ1) is 15.6. The van der Waals surface area contributed by atoms with Gasteiger partial charge in [0.05, 0.1) is 13.2 Å². The Hall–Kier alpha value is -3.59. The molecule has 1 aromatic carbocycles. The molecular weight excluding hydrogens is 412 g/mol. The number of amides is 3. The zero-order valence-electron chi connectivity index (χ0n) is 18.1. The molecule has 0 spiro atoms. The van der Waals surface area contributed by atoms with E-state index in [0.29, 0.717) is 31.2 Å². The van der Waals surface area contributed by atoms with E-state index in [1.807, 2.05) is 37.3 Å². The number of aromatic nitrogens is 2. The van der Waals surface area contributed by atoms with Crippen LogP contribution >= 0.6 is 0 Å². The predicted molar refractivity (Wildman–Crippen MR) is 115 cm³/mol. The Kier molecular flexibility index (Phi) is 6.55. The van der Waals surface area contributed by atoms with Crippen LogP contribution in [0.15, 0.2) is 53.1 Å². The topological polar surface area (TPSA) is 97.8 Å². The van der Waals surface area contributed by atoms with Crippen LogP contribution in [0.1, 0.15) is 19.2 Å². The maximum atomic E-state index is 13.2. The number of carbonyl (C=O) groups excluding carboxylic acids is 2. The van der Waals surface area contributed by atoms with E-state index < -0.39 is 11.9 Å². The van der Waals surface area contributed by atoms with E-state index in [-0.39, 0.29) is 24.9 Å². The lowest BCUT2D eigenvalue weighted by atomic mass is 9.94. The van der Waals surface area contributed by atoms with Gasteiger partial charge in [-0.2, -0.15) is 19.3 Å². The summed E-state index contributed by atoms with van der Waals surface area (Å²) in [6.45, 7) is 3.33. The molecule has 0 saturated carbocycles. The van der Waals surface area contributed by atoms with Gasteiger partial charge in [-0.3, -0.25) is 0 Å². The second-order valence-corrected chi connectivity index (χ2v) is 7.32. The molecule has 0 saturated heterocycles. The smallest absolute Gasteiger partial charge is 0.494 e. The summed E-state index contributed by atoms with van der Waals surface area (Å²) in [4.78, 5) is 31.8. The van der Waals surface area contributed by atoms with Gasteiger partial charge in [0.15, 0.2) is 6.54 Å². The first-order valence-corrected chi connectivity index (χ1v) is 10.5. The summed E-state index contributed by atoms with van der Waals surface area (Å²) in [6, 6.07) is 6.97. The lowest BCUT2D eigenvalue weighted by Gasteiger charge is -2.26. The van der Waals surface area contributed by atoms with E-state index in [0.717, 1.165) is 11.3 Å². The molecule has 1 aliphatic carbocycles.